The maximum Gasteiger partial charge on any atom is 0.0640 e. The molecule has 51 heavy (non-hydrogen) atoms. The molecule has 0 bridgehead atoms. The normalized spacial score (nSPS) is 12.2. The Hall–Kier alpha value is -6.42. The van der Waals surface area contributed by atoms with Gasteiger partial charge < -0.3 is 9.80 Å². The van der Waals surface area contributed by atoms with Crippen LogP contribution in [0.5, 0.6) is 0 Å². The van der Waals surface area contributed by atoms with Crippen molar-refractivity contribution in [3.63, 3.8) is 0 Å². The molecule has 0 N–H and O–H groups in total. The number of nitrogens with zero attached hydrogens (tertiary/aromatic N) is 2. The third kappa shape index (κ3) is 5.94. The third-order valence-corrected chi connectivity index (χ3v) is 10.3. The molecule has 0 saturated carbocycles. The van der Waals surface area contributed by atoms with Crippen LogP contribution in [0.4, 0.5) is 34.1 Å². The van der Waals surface area contributed by atoms with Crippen molar-refractivity contribution in [3.05, 3.63) is 206 Å². The number of hydrogen-bond acceptors (Lipinski definition) is 3. The summed E-state index contributed by atoms with van der Waals surface area (Å²) >= 11 is 1.78. The molecular weight excluding hydrogens is 637 g/mol. The SMILES string of the molecule is [2H]c1c([2H])c(-c2ccc(N(c3ccccc3)c3cccc4c3sc3ccccc34)cc2)c([2H])c([2H])c1-c1ccc(N(c2ccccc2)c2ccccc2)cc1. The molecule has 0 fully saturated rings. The molecule has 0 unspecified atom stereocenters. The number of rotatable bonds is 8. The van der Waals surface area contributed by atoms with E-state index in [0.717, 1.165) is 34.1 Å². The fourth-order valence-electron chi connectivity index (χ4n) is 6.67. The summed E-state index contributed by atoms with van der Waals surface area (Å²) in [6.07, 6.45) is 0. The Morgan fingerprint density at radius 2 is 0.745 bits per heavy atom. The summed E-state index contributed by atoms with van der Waals surface area (Å²) < 4.78 is 38.9. The van der Waals surface area contributed by atoms with E-state index in [1.165, 1.54) is 20.2 Å². The van der Waals surface area contributed by atoms with Crippen molar-refractivity contribution in [3.8, 4) is 22.3 Å². The minimum absolute atomic E-state index is 0.0712. The standard InChI is InChI=1S/C48H34N2S/c1-4-13-39(14-5-1)49(40-15-6-2-7-16-40)42-31-27-37(28-32-42)35-23-25-36(26-24-35)38-29-33-43(34-30-38)50(41-17-8-3-9-18-41)46-21-12-20-45-44-19-10-11-22-47(44)51-48(45)46/h1-34H/i23D,24D,25D,26D. The van der Waals surface area contributed by atoms with Gasteiger partial charge in [0.1, 0.15) is 0 Å². The molecule has 0 amide bonds. The van der Waals surface area contributed by atoms with Crippen molar-refractivity contribution < 1.29 is 5.48 Å². The van der Waals surface area contributed by atoms with E-state index in [9.17, 15) is 0 Å². The Morgan fingerprint density at radius 3 is 1.27 bits per heavy atom. The van der Waals surface area contributed by atoms with E-state index < -0.39 is 0 Å². The molecule has 0 spiro atoms. The number of benzene rings is 8. The lowest BCUT2D eigenvalue weighted by molar-refractivity contribution is 1.28. The summed E-state index contributed by atoms with van der Waals surface area (Å²) in [5, 5.41) is 2.44. The molecule has 0 aliphatic heterocycles. The first kappa shape index (κ1) is 26.4. The van der Waals surface area contributed by atoms with Gasteiger partial charge in [-0.3, -0.25) is 0 Å². The van der Waals surface area contributed by atoms with Crippen LogP contribution in [0.15, 0.2) is 206 Å². The van der Waals surface area contributed by atoms with Gasteiger partial charge >= 0.3 is 0 Å². The van der Waals surface area contributed by atoms with E-state index in [-0.39, 0.29) is 35.3 Å². The molecule has 0 saturated heterocycles. The molecule has 0 atom stereocenters. The van der Waals surface area contributed by atoms with E-state index in [0.29, 0.717) is 11.1 Å². The van der Waals surface area contributed by atoms with Gasteiger partial charge in [0.05, 0.1) is 15.9 Å². The Morgan fingerprint density at radius 1 is 0.333 bits per heavy atom. The van der Waals surface area contributed by atoms with Crippen LogP contribution in [0.1, 0.15) is 5.48 Å². The van der Waals surface area contributed by atoms with Gasteiger partial charge in [0.25, 0.3) is 0 Å². The predicted octanol–water partition coefficient (Wildman–Crippen LogP) is 14.3. The van der Waals surface area contributed by atoms with Crippen LogP contribution in [-0.2, 0) is 0 Å². The summed E-state index contributed by atoms with van der Waals surface area (Å²) in [4.78, 5) is 4.38. The van der Waals surface area contributed by atoms with E-state index in [1.54, 1.807) is 11.3 Å². The zero-order chi connectivity index (χ0) is 37.5. The van der Waals surface area contributed by atoms with Crippen LogP contribution in [0.3, 0.4) is 0 Å². The van der Waals surface area contributed by atoms with Gasteiger partial charge in [-0.25, -0.2) is 0 Å². The zero-order valence-electron chi connectivity index (χ0n) is 31.6. The molecule has 2 nitrogen and oxygen atoms in total. The van der Waals surface area contributed by atoms with Gasteiger partial charge in [-0.05, 0) is 95.1 Å². The first-order chi connectivity index (χ1) is 27.0. The number of hydrogen-bond donors (Lipinski definition) is 0. The largest absolute Gasteiger partial charge is 0.311 e. The van der Waals surface area contributed by atoms with Crippen LogP contribution in [0, 0.1) is 0 Å². The average molecular weight is 675 g/mol. The minimum atomic E-state index is -0.0713. The molecule has 9 aromatic rings. The minimum Gasteiger partial charge on any atom is -0.311 e. The molecule has 0 radical (unpaired) electrons. The van der Waals surface area contributed by atoms with Crippen LogP contribution < -0.4 is 9.80 Å². The topological polar surface area (TPSA) is 6.48 Å². The molecule has 1 heterocycles. The van der Waals surface area contributed by atoms with Gasteiger partial charge in [0.15, 0.2) is 0 Å². The van der Waals surface area contributed by atoms with E-state index in [4.69, 9.17) is 5.48 Å². The zero-order valence-corrected chi connectivity index (χ0v) is 28.4. The fourth-order valence-corrected chi connectivity index (χ4v) is 7.88. The summed E-state index contributed by atoms with van der Waals surface area (Å²) in [6.45, 7) is 0. The lowest BCUT2D eigenvalue weighted by Crippen LogP contribution is -2.09. The molecule has 3 heteroatoms. The summed E-state index contributed by atoms with van der Waals surface area (Å²) in [6, 6.07) is 60.6. The number of fused-ring (bicyclic) bond motifs is 3. The second-order valence-corrected chi connectivity index (χ2v) is 13.3. The van der Waals surface area contributed by atoms with Crippen molar-refractivity contribution >= 4 is 65.6 Å². The van der Waals surface area contributed by atoms with Crippen molar-refractivity contribution in [2.75, 3.05) is 9.80 Å². The molecule has 0 aliphatic carbocycles. The summed E-state index contributed by atoms with van der Waals surface area (Å²) in [5.41, 5.74) is 7.72. The Labute approximate surface area is 308 Å². The lowest BCUT2D eigenvalue weighted by Gasteiger charge is -2.26. The third-order valence-electron chi connectivity index (χ3n) is 9.12. The van der Waals surface area contributed by atoms with Crippen molar-refractivity contribution in [1.29, 1.82) is 0 Å². The van der Waals surface area contributed by atoms with Gasteiger partial charge in [-0.2, -0.15) is 0 Å². The smallest absolute Gasteiger partial charge is 0.0640 e. The maximum absolute atomic E-state index is 9.14. The molecule has 8 aromatic carbocycles. The van der Waals surface area contributed by atoms with Gasteiger partial charge in [-0.15, -0.1) is 11.3 Å². The molecular formula is C48H34N2S. The molecule has 9 rings (SSSR count). The number of thiophene rings is 1. The molecule has 0 aliphatic rings. The molecule has 242 valence electrons. The van der Waals surface area contributed by atoms with Crippen LogP contribution in [0.2, 0.25) is 0 Å². The Kier molecular flexibility index (Phi) is 6.99. The Bertz CT molecular complexity index is 2720. The lowest BCUT2D eigenvalue weighted by atomic mass is 9.99. The van der Waals surface area contributed by atoms with Crippen LogP contribution in [0.25, 0.3) is 42.4 Å². The Balaban J connectivity index is 1.08. The van der Waals surface area contributed by atoms with Crippen molar-refractivity contribution in [1.82, 2.24) is 0 Å². The number of anilines is 6. The van der Waals surface area contributed by atoms with E-state index in [2.05, 4.69) is 88.7 Å². The van der Waals surface area contributed by atoms with E-state index in [1.807, 2.05) is 103 Å². The molecule has 1 aromatic heterocycles. The highest BCUT2D eigenvalue weighted by molar-refractivity contribution is 7.26. The van der Waals surface area contributed by atoms with Crippen LogP contribution in [-0.4, -0.2) is 0 Å². The average Bonchev–Trinajstić information content (AvgIpc) is 3.62. The fraction of sp³-hybridized carbons (Fsp3) is 0. The predicted molar refractivity (Wildman–Crippen MR) is 220 cm³/mol. The highest BCUT2D eigenvalue weighted by atomic mass is 32.1. The summed E-state index contributed by atoms with van der Waals surface area (Å²) in [5.74, 6) is 0. The first-order valence-electron chi connectivity index (χ1n) is 18.9. The quantitative estimate of drug-likeness (QED) is 0.158. The first-order valence-corrected chi connectivity index (χ1v) is 17.8. The highest BCUT2D eigenvalue weighted by Crippen LogP contribution is 2.45. The van der Waals surface area contributed by atoms with Crippen molar-refractivity contribution in [2.45, 2.75) is 0 Å². The van der Waals surface area contributed by atoms with Gasteiger partial charge in [0.2, 0.25) is 0 Å². The van der Waals surface area contributed by atoms with E-state index >= 15 is 0 Å². The van der Waals surface area contributed by atoms with Gasteiger partial charge in [0, 0.05) is 43.9 Å². The van der Waals surface area contributed by atoms with Gasteiger partial charge in [-0.1, -0.05) is 133 Å². The van der Waals surface area contributed by atoms with Crippen molar-refractivity contribution in [2.24, 2.45) is 0 Å². The second kappa shape index (κ2) is 13.5. The highest BCUT2D eigenvalue weighted by Gasteiger charge is 2.18. The monoisotopic (exact) mass is 674 g/mol. The van der Waals surface area contributed by atoms with Crippen LogP contribution >= 0.6 is 11.3 Å². The maximum atomic E-state index is 9.14. The second-order valence-electron chi connectivity index (χ2n) is 12.3. The number of para-hydroxylation sites is 3. The summed E-state index contributed by atoms with van der Waals surface area (Å²) in [7, 11) is 0.